The molecular weight excluding hydrogens is 250 g/mol. The van der Waals surface area contributed by atoms with E-state index in [4.69, 9.17) is 0 Å². The van der Waals surface area contributed by atoms with Crippen molar-refractivity contribution in [3.05, 3.63) is 0 Å². The highest BCUT2D eigenvalue weighted by molar-refractivity contribution is 7.91. The summed E-state index contributed by atoms with van der Waals surface area (Å²) in [7, 11) is -3.17. The molecule has 0 amide bonds. The third-order valence-electron chi connectivity index (χ3n) is 4.88. The van der Waals surface area contributed by atoms with Gasteiger partial charge in [-0.05, 0) is 25.2 Å². The van der Waals surface area contributed by atoms with Crippen LogP contribution in [0.5, 0.6) is 0 Å². The normalized spacial score (nSPS) is 43.5. The molecule has 1 N–H and O–H groups in total. The van der Waals surface area contributed by atoms with E-state index in [2.05, 4.69) is 6.07 Å². The summed E-state index contributed by atoms with van der Waals surface area (Å²) >= 11 is 0. The van der Waals surface area contributed by atoms with E-state index in [1.54, 1.807) is 0 Å². The third-order valence-corrected chi connectivity index (χ3v) is 6.64. The first kappa shape index (κ1) is 13.8. The van der Waals surface area contributed by atoms with Crippen molar-refractivity contribution in [2.45, 2.75) is 51.0 Å². The minimum absolute atomic E-state index is 0.0410. The van der Waals surface area contributed by atoms with Crippen molar-refractivity contribution >= 4 is 9.84 Å². The van der Waals surface area contributed by atoms with E-state index in [-0.39, 0.29) is 17.4 Å². The molecule has 0 bridgehead atoms. The second kappa shape index (κ2) is 4.50. The molecule has 1 saturated heterocycles. The SMILES string of the molecule is CCC1CCCCC1(O)C1(C#N)CCS(=O)(=O)C1. The Bertz CT molecular complexity index is 467. The summed E-state index contributed by atoms with van der Waals surface area (Å²) in [5, 5.41) is 20.5. The van der Waals surface area contributed by atoms with E-state index in [1.165, 1.54) is 0 Å². The Balaban J connectivity index is 2.40. The van der Waals surface area contributed by atoms with Crippen LogP contribution in [0, 0.1) is 22.7 Å². The Morgan fingerprint density at radius 2 is 2.11 bits per heavy atom. The molecule has 0 aromatic rings. The molecule has 1 heterocycles. The summed E-state index contributed by atoms with van der Waals surface area (Å²) in [6.45, 7) is 2.01. The zero-order valence-electron chi connectivity index (χ0n) is 10.9. The highest BCUT2D eigenvalue weighted by atomic mass is 32.2. The molecular formula is C13H21NO3S. The van der Waals surface area contributed by atoms with Crippen molar-refractivity contribution < 1.29 is 13.5 Å². The maximum atomic E-state index is 11.7. The van der Waals surface area contributed by atoms with Gasteiger partial charge < -0.3 is 5.11 Å². The molecule has 3 atom stereocenters. The molecule has 0 aromatic carbocycles. The van der Waals surface area contributed by atoms with Crippen LogP contribution in [0.1, 0.15) is 45.4 Å². The van der Waals surface area contributed by atoms with Crippen molar-refractivity contribution in [1.29, 1.82) is 5.26 Å². The molecule has 3 unspecified atom stereocenters. The van der Waals surface area contributed by atoms with Gasteiger partial charge >= 0.3 is 0 Å². The molecule has 1 aliphatic heterocycles. The fourth-order valence-corrected chi connectivity index (χ4v) is 5.79. The standard InChI is InChI=1S/C13H21NO3S/c1-2-11-5-3-4-6-13(11,15)12(9-14)7-8-18(16,17)10-12/h11,15H,2-8,10H2,1H3. The minimum Gasteiger partial charge on any atom is -0.388 e. The molecule has 2 rings (SSSR count). The number of rotatable bonds is 2. The molecule has 2 fully saturated rings. The first-order valence-corrected chi connectivity index (χ1v) is 8.55. The summed E-state index contributed by atoms with van der Waals surface area (Å²) in [5.41, 5.74) is -2.19. The molecule has 18 heavy (non-hydrogen) atoms. The number of aliphatic hydroxyl groups is 1. The maximum absolute atomic E-state index is 11.7. The van der Waals surface area contributed by atoms with Gasteiger partial charge in [-0.3, -0.25) is 0 Å². The van der Waals surface area contributed by atoms with Gasteiger partial charge in [0, 0.05) is 0 Å². The highest BCUT2D eigenvalue weighted by Gasteiger charge is 2.59. The molecule has 0 radical (unpaired) electrons. The van der Waals surface area contributed by atoms with Crippen molar-refractivity contribution in [2.24, 2.45) is 11.3 Å². The number of nitriles is 1. The molecule has 1 saturated carbocycles. The summed E-state index contributed by atoms with van der Waals surface area (Å²) in [5.74, 6) is -0.0674. The lowest BCUT2D eigenvalue weighted by Gasteiger charge is -2.47. The minimum atomic E-state index is -3.17. The molecule has 4 nitrogen and oxygen atoms in total. The molecule has 1 aliphatic carbocycles. The van der Waals surface area contributed by atoms with Crippen LogP contribution in [0.2, 0.25) is 0 Å². The van der Waals surface area contributed by atoms with Gasteiger partial charge in [0.05, 0.1) is 23.2 Å². The van der Waals surface area contributed by atoms with Gasteiger partial charge in [0.2, 0.25) is 0 Å². The van der Waals surface area contributed by atoms with Gasteiger partial charge in [-0.15, -0.1) is 0 Å². The van der Waals surface area contributed by atoms with Crippen molar-refractivity contribution in [3.8, 4) is 6.07 Å². The number of hydrogen-bond acceptors (Lipinski definition) is 4. The van der Waals surface area contributed by atoms with Gasteiger partial charge in [-0.2, -0.15) is 5.26 Å². The lowest BCUT2D eigenvalue weighted by Crippen LogP contribution is -2.55. The number of sulfone groups is 1. The van der Waals surface area contributed by atoms with Crippen molar-refractivity contribution in [3.63, 3.8) is 0 Å². The fourth-order valence-electron chi connectivity index (χ4n) is 3.78. The zero-order valence-corrected chi connectivity index (χ0v) is 11.7. The first-order chi connectivity index (χ1) is 8.39. The van der Waals surface area contributed by atoms with E-state index in [0.29, 0.717) is 12.8 Å². The van der Waals surface area contributed by atoms with Crippen LogP contribution in [-0.2, 0) is 9.84 Å². The molecule has 0 aromatic heterocycles. The summed E-state index contributed by atoms with van der Waals surface area (Å²) < 4.78 is 23.4. The van der Waals surface area contributed by atoms with Gasteiger partial charge in [0.1, 0.15) is 5.41 Å². The smallest absolute Gasteiger partial charge is 0.152 e. The average molecular weight is 271 g/mol. The van der Waals surface area contributed by atoms with Crippen LogP contribution in [0.15, 0.2) is 0 Å². The van der Waals surface area contributed by atoms with Crippen LogP contribution in [0.4, 0.5) is 0 Å². The van der Waals surface area contributed by atoms with E-state index >= 15 is 0 Å². The highest BCUT2D eigenvalue weighted by Crippen LogP contribution is 2.52. The second-order valence-corrected chi connectivity index (χ2v) is 8.00. The van der Waals surface area contributed by atoms with Gasteiger partial charge in [-0.1, -0.05) is 26.2 Å². The summed E-state index contributed by atoms with van der Waals surface area (Å²) in [4.78, 5) is 0. The van der Waals surface area contributed by atoms with Gasteiger partial charge in [-0.25, -0.2) is 8.42 Å². The zero-order chi connectivity index (χ0) is 13.4. The van der Waals surface area contributed by atoms with Gasteiger partial charge in [0.15, 0.2) is 9.84 Å². The van der Waals surface area contributed by atoms with Gasteiger partial charge in [0.25, 0.3) is 0 Å². The Kier molecular flexibility index (Phi) is 3.46. The predicted molar refractivity (Wildman–Crippen MR) is 68.5 cm³/mol. The summed E-state index contributed by atoms with van der Waals surface area (Å²) in [6, 6.07) is 2.18. The number of nitrogens with zero attached hydrogens (tertiary/aromatic N) is 1. The van der Waals surface area contributed by atoms with Crippen molar-refractivity contribution in [2.75, 3.05) is 11.5 Å². The third kappa shape index (κ3) is 1.96. The van der Waals surface area contributed by atoms with Crippen molar-refractivity contribution in [1.82, 2.24) is 0 Å². The maximum Gasteiger partial charge on any atom is 0.152 e. The fraction of sp³-hybridized carbons (Fsp3) is 0.923. The van der Waals surface area contributed by atoms with Crippen LogP contribution >= 0.6 is 0 Å². The average Bonchev–Trinajstić information content (AvgIpc) is 2.67. The predicted octanol–water partition coefficient (Wildman–Crippen LogP) is 1.65. The monoisotopic (exact) mass is 271 g/mol. The molecule has 2 aliphatic rings. The lowest BCUT2D eigenvalue weighted by molar-refractivity contribution is -0.116. The Hall–Kier alpha value is -0.600. The first-order valence-electron chi connectivity index (χ1n) is 6.73. The molecule has 5 heteroatoms. The quantitative estimate of drug-likeness (QED) is 0.828. The van der Waals surface area contributed by atoms with Crippen LogP contribution in [0.25, 0.3) is 0 Å². The van der Waals surface area contributed by atoms with Crippen LogP contribution in [-0.4, -0.2) is 30.6 Å². The van der Waals surface area contributed by atoms with Crippen LogP contribution < -0.4 is 0 Å². The second-order valence-electron chi connectivity index (χ2n) is 5.81. The Labute approximate surface area is 109 Å². The van der Waals surface area contributed by atoms with E-state index in [1.807, 2.05) is 6.92 Å². The Morgan fingerprint density at radius 1 is 1.39 bits per heavy atom. The Morgan fingerprint density at radius 3 is 2.61 bits per heavy atom. The van der Waals surface area contributed by atoms with E-state index in [9.17, 15) is 18.8 Å². The topological polar surface area (TPSA) is 78.2 Å². The lowest BCUT2D eigenvalue weighted by atomic mass is 9.60. The molecule has 0 spiro atoms. The molecule has 102 valence electrons. The van der Waals surface area contributed by atoms with E-state index < -0.39 is 20.9 Å². The van der Waals surface area contributed by atoms with E-state index in [0.717, 1.165) is 25.7 Å². The largest absolute Gasteiger partial charge is 0.388 e. The summed E-state index contributed by atoms with van der Waals surface area (Å²) in [6.07, 6.45) is 4.51. The van der Waals surface area contributed by atoms with Crippen LogP contribution in [0.3, 0.4) is 0 Å². The number of hydrogen-bond donors (Lipinski definition) is 1.